The molecule has 1 aromatic heterocycles. The van der Waals surface area contributed by atoms with Crippen LogP contribution in [0, 0.1) is 0 Å². The van der Waals surface area contributed by atoms with Crippen molar-refractivity contribution in [2.45, 2.75) is 44.8 Å². The molecule has 0 spiro atoms. The van der Waals surface area contributed by atoms with Gasteiger partial charge >= 0.3 is 6.18 Å². The van der Waals surface area contributed by atoms with Gasteiger partial charge < -0.3 is 0 Å². The van der Waals surface area contributed by atoms with Gasteiger partial charge in [0.15, 0.2) is 5.69 Å². The first-order valence-electron chi connectivity index (χ1n) is 5.06. The van der Waals surface area contributed by atoms with E-state index < -0.39 is 11.9 Å². The van der Waals surface area contributed by atoms with Crippen LogP contribution in [0.15, 0.2) is 6.07 Å². The van der Waals surface area contributed by atoms with Gasteiger partial charge in [-0.25, -0.2) is 0 Å². The van der Waals surface area contributed by atoms with Gasteiger partial charge in [0, 0.05) is 5.69 Å². The Kier molecular flexibility index (Phi) is 2.28. The van der Waals surface area contributed by atoms with Crippen LogP contribution in [0.3, 0.4) is 0 Å². The highest BCUT2D eigenvalue weighted by molar-refractivity contribution is 5.17. The number of aromatic nitrogens is 2. The summed E-state index contributed by atoms with van der Waals surface area (Å²) in [5.41, 5.74) is -0.0806. The number of hydrogen-bond donors (Lipinski definition) is 0. The van der Waals surface area contributed by atoms with Crippen molar-refractivity contribution in [1.29, 1.82) is 0 Å². The van der Waals surface area contributed by atoms with Crippen LogP contribution in [-0.4, -0.2) is 9.78 Å². The maximum absolute atomic E-state index is 12.5. The van der Waals surface area contributed by atoms with Crippen LogP contribution < -0.4 is 0 Å². The third-order valence-electron chi connectivity index (χ3n) is 2.54. The third kappa shape index (κ3) is 2.01. The zero-order valence-electron chi connectivity index (χ0n) is 8.67. The molecular formula is C10H13F3N2. The lowest BCUT2D eigenvalue weighted by molar-refractivity contribution is -0.141. The van der Waals surface area contributed by atoms with Crippen molar-refractivity contribution in [3.63, 3.8) is 0 Å². The van der Waals surface area contributed by atoms with Crippen molar-refractivity contribution in [1.82, 2.24) is 9.78 Å². The lowest BCUT2D eigenvalue weighted by Crippen LogP contribution is -2.08. The summed E-state index contributed by atoms with van der Waals surface area (Å²) in [6.45, 7) is 3.77. The molecule has 1 aliphatic rings. The van der Waals surface area contributed by atoms with Gasteiger partial charge in [-0.2, -0.15) is 18.3 Å². The highest BCUT2D eigenvalue weighted by atomic mass is 19.4. The number of hydrogen-bond acceptors (Lipinski definition) is 1. The molecule has 1 fully saturated rings. The summed E-state index contributed by atoms with van der Waals surface area (Å²) < 4.78 is 38.9. The molecule has 5 heteroatoms. The summed E-state index contributed by atoms with van der Waals surface area (Å²) >= 11 is 0. The molecule has 84 valence electrons. The van der Waals surface area contributed by atoms with Crippen molar-refractivity contribution in [3.05, 3.63) is 17.5 Å². The van der Waals surface area contributed by atoms with E-state index in [0.29, 0.717) is 5.69 Å². The standard InChI is InChI=1S/C10H13F3N2/c1-6(2)8-5-9(10(11,12)13)14-15(8)7-3-4-7/h5-7H,3-4H2,1-2H3. The maximum atomic E-state index is 12.5. The molecule has 1 heterocycles. The Balaban J connectivity index is 2.40. The first-order chi connectivity index (χ1) is 6.89. The van der Waals surface area contributed by atoms with Crippen molar-refractivity contribution in [2.75, 3.05) is 0 Å². The molecule has 15 heavy (non-hydrogen) atoms. The highest BCUT2D eigenvalue weighted by Crippen LogP contribution is 2.39. The maximum Gasteiger partial charge on any atom is 0.435 e. The van der Waals surface area contributed by atoms with E-state index in [1.807, 2.05) is 13.8 Å². The van der Waals surface area contributed by atoms with Gasteiger partial charge in [-0.05, 0) is 24.8 Å². The number of halogens is 3. The molecule has 1 saturated carbocycles. The largest absolute Gasteiger partial charge is 0.435 e. The summed E-state index contributed by atoms with van der Waals surface area (Å²) in [5, 5.41) is 3.66. The molecule has 0 aromatic carbocycles. The topological polar surface area (TPSA) is 17.8 Å². The van der Waals surface area contributed by atoms with E-state index in [0.717, 1.165) is 12.8 Å². The monoisotopic (exact) mass is 218 g/mol. The normalized spacial score (nSPS) is 17.5. The summed E-state index contributed by atoms with van der Waals surface area (Å²) in [5.74, 6) is 0.0780. The Bertz CT molecular complexity index is 342. The van der Waals surface area contributed by atoms with Crippen molar-refractivity contribution in [2.24, 2.45) is 0 Å². The lowest BCUT2D eigenvalue weighted by Gasteiger charge is -2.07. The van der Waals surface area contributed by atoms with Crippen molar-refractivity contribution < 1.29 is 13.2 Å². The highest BCUT2D eigenvalue weighted by Gasteiger charge is 2.37. The smallest absolute Gasteiger partial charge is 0.266 e. The van der Waals surface area contributed by atoms with Gasteiger partial charge in [-0.1, -0.05) is 13.8 Å². The molecule has 1 aliphatic carbocycles. The second-order valence-electron chi connectivity index (χ2n) is 4.28. The van der Waals surface area contributed by atoms with Crippen LogP contribution in [0.5, 0.6) is 0 Å². The molecular weight excluding hydrogens is 205 g/mol. The summed E-state index contributed by atoms with van der Waals surface area (Å²) in [6, 6.07) is 1.36. The van der Waals surface area contributed by atoms with Gasteiger partial charge in [0.05, 0.1) is 6.04 Å². The molecule has 2 rings (SSSR count). The van der Waals surface area contributed by atoms with E-state index in [4.69, 9.17) is 0 Å². The molecule has 0 N–H and O–H groups in total. The van der Waals surface area contributed by atoms with Crippen molar-refractivity contribution >= 4 is 0 Å². The van der Waals surface area contributed by atoms with Crippen LogP contribution in [0.4, 0.5) is 13.2 Å². The Morgan fingerprint density at radius 2 is 2.00 bits per heavy atom. The Hall–Kier alpha value is -1.00. The van der Waals surface area contributed by atoms with Gasteiger partial charge in [0.25, 0.3) is 0 Å². The minimum absolute atomic E-state index is 0.0780. The quantitative estimate of drug-likeness (QED) is 0.744. The SMILES string of the molecule is CC(C)c1cc(C(F)(F)F)nn1C1CC1. The summed E-state index contributed by atoms with van der Waals surface area (Å²) in [7, 11) is 0. The molecule has 0 saturated heterocycles. The predicted octanol–water partition coefficient (Wildman–Crippen LogP) is 3.36. The van der Waals surface area contributed by atoms with Crippen molar-refractivity contribution in [3.8, 4) is 0 Å². The van der Waals surface area contributed by atoms with Crippen LogP contribution in [0.1, 0.15) is 50.0 Å². The van der Waals surface area contributed by atoms with Crippen LogP contribution in [0.2, 0.25) is 0 Å². The third-order valence-corrected chi connectivity index (χ3v) is 2.54. The first-order valence-corrected chi connectivity index (χ1v) is 5.06. The molecule has 0 bridgehead atoms. The minimum Gasteiger partial charge on any atom is -0.266 e. The molecule has 0 unspecified atom stereocenters. The Morgan fingerprint density at radius 3 is 2.40 bits per heavy atom. The second-order valence-corrected chi connectivity index (χ2v) is 4.28. The minimum atomic E-state index is -4.33. The zero-order valence-corrected chi connectivity index (χ0v) is 8.67. The van der Waals surface area contributed by atoms with Gasteiger partial charge in [-0.3, -0.25) is 4.68 Å². The molecule has 0 atom stereocenters. The van der Waals surface area contributed by atoms with Gasteiger partial charge in [0.2, 0.25) is 0 Å². The molecule has 1 aromatic rings. The molecule has 0 aliphatic heterocycles. The lowest BCUT2D eigenvalue weighted by atomic mass is 10.1. The second kappa shape index (κ2) is 3.25. The van der Waals surface area contributed by atoms with Crippen LogP contribution in [0.25, 0.3) is 0 Å². The van der Waals surface area contributed by atoms with E-state index in [2.05, 4.69) is 5.10 Å². The van der Waals surface area contributed by atoms with E-state index in [-0.39, 0.29) is 12.0 Å². The Morgan fingerprint density at radius 1 is 1.40 bits per heavy atom. The van der Waals surface area contributed by atoms with Crippen LogP contribution in [-0.2, 0) is 6.18 Å². The van der Waals surface area contributed by atoms with E-state index in [1.54, 1.807) is 4.68 Å². The van der Waals surface area contributed by atoms with E-state index in [1.165, 1.54) is 6.07 Å². The first kappa shape index (κ1) is 10.5. The fourth-order valence-corrected chi connectivity index (χ4v) is 1.59. The number of nitrogens with zero attached hydrogens (tertiary/aromatic N) is 2. The molecule has 0 radical (unpaired) electrons. The average Bonchev–Trinajstić information content (AvgIpc) is 2.81. The summed E-state index contributed by atoms with van der Waals surface area (Å²) in [4.78, 5) is 0. The molecule has 2 nitrogen and oxygen atoms in total. The molecule has 0 amide bonds. The summed E-state index contributed by atoms with van der Waals surface area (Å²) in [6.07, 6.45) is -2.44. The van der Waals surface area contributed by atoms with Gasteiger partial charge in [0.1, 0.15) is 0 Å². The fraction of sp³-hybridized carbons (Fsp3) is 0.700. The predicted molar refractivity (Wildman–Crippen MR) is 49.6 cm³/mol. The van der Waals surface area contributed by atoms with E-state index >= 15 is 0 Å². The number of rotatable bonds is 2. The zero-order chi connectivity index (χ0) is 11.2. The van der Waals surface area contributed by atoms with Gasteiger partial charge in [-0.15, -0.1) is 0 Å². The Labute approximate surface area is 86.1 Å². The average molecular weight is 218 g/mol. The van der Waals surface area contributed by atoms with E-state index in [9.17, 15) is 13.2 Å². The number of alkyl halides is 3. The van der Waals surface area contributed by atoms with Crippen LogP contribution >= 0.6 is 0 Å². The fourth-order valence-electron chi connectivity index (χ4n) is 1.59.